The molecule has 1 atom stereocenters. The van der Waals surface area contributed by atoms with Crippen LogP contribution >= 0.6 is 0 Å². The third kappa shape index (κ3) is 5.96. The zero-order chi connectivity index (χ0) is 9.23. The molecule has 1 radical (unpaired) electrons. The van der Waals surface area contributed by atoms with Gasteiger partial charge in [0.25, 0.3) is 0 Å². The van der Waals surface area contributed by atoms with Crippen LogP contribution in [0.3, 0.4) is 0 Å². The molecule has 0 bridgehead atoms. The third-order valence-electron chi connectivity index (χ3n) is 1.76. The first kappa shape index (κ1) is 11.2. The van der Waals surface area contributed by atoms with Crippen LogP contribution in [0.5, 0.6) is 0 Å². The molecule has 0 aliphatic carbocycles. The van der Waals surface area contributed by atoms with E-state index in [9.17, 15) is 4.79 Å². The van der Waals surface area contributed by atoms with Crippen molar-refractivity contribution in [3.63, 3.8) is 0 Å². The number of unbranched alkanes of at least 4 members (excludes halogenated alkanes) is 1. The van der Waals surface area contributed by atoms with Crippen LogP contribution in [-0.2, 0) is 9.53 Å². The van der Waals surface area contributed by atoms with Crippen molar-refractivity contribution < 1.29 is 9.53 Å². The number of allylic oxidation sites excluding steroid dienone is 1. The summed E-state index contributed by atoms with van der Waals surface area (Å²) in [4.78, 5) is 9.96. The minimum absolute atomic E-state index is 0.0625. The Morgan fingerprint density at radius 2 is 2.33 bits per heavy atom. The van der Waals surface area contributed by atoms with E-state index in [1.165, 1.54) is 6.47 Å². The summed E-state index contributed by atoms with van der Waals surface area (Å²) >= 11 is 0. The first-order valence-electron chi connectivity index (χ1n) is 4.48. The molecule has 0 aliphatic rings. The van der Waals surface area contributed by atoms with E-state index in [2.05, 4.69) is 13.5 Å². The summed E-state index contributed by atoms with van der Waals surface area (Å²) in [7, 11) is 0. The molecule has 0 aromatic rings. The molecular formula is C10H17O2. The molecule has 0 spiro atoms. The standard InChI is InChI=1S/C10H17O2/c1-3-5-6-8-10(7-4-2)12-9-11/h3,10H,1,4-8H2,2H3. The van der Waals surface area contributed by atoms with Crippen LogP contribution in [0, 0.1) is 0 Å². The predicted octanol–water partition coefficient (Wildman–Crippen LogP) is 2.60. The zero-order valence-corrected chi connectivity index (χ0v) is 7.71. The summed E-state index contributed by atoms with van der Waals surface area (Å²) in [5.41, 5.74) is 0. The summed E-state index contributed by atoms with van der Waals surface area (Å²) in [6, 6.07) is 0. The van der Waals surface area contributed by atoms with Gasteiger partial charge in [-0.25, -0.2) is 4.79 Å². The molecule has 69 valence electrons. The lowest BCUT2D eigenvalue weighted by Gasteiger charge is -2.12. The van der Waals surface area contributed by atoms with Crippen molar-refractivity contribution in [1.82, 2.24) is 0 Å². The average molecular weight is 169 g/mol. The number of hydrogen-bond acceptors (Lipinski definition) is 2. The van der Waals surface area contributed by atoms with Gasteiger partial charge >= 0.3 is 6.47 Å². The van der Waals surface area contributed by atoms with Crippen molar-refractivity contribution in [3.05, 3.63) is 12.7 Å². The van der Waals surface area contributed by atoms with Crippen molar-refractivity contribution in [2.24, 2.45) is 0 Å². The molecule has 0 rings (SSSR count). The van der Waals surface area contributed by atoms with Gasteiger partial charge in [0.2, 0.25) is 0 Å². The van der Waals surface area contributed by atoms with Crippen LogP contribution in [0.15, 0.2) is 12.7 Å². The van der Waals surface area contributed by atoms with E-state index in [1.54, 1.807) is 0 Å². The molecule has 1 unspecified atom stereocenters. The molecule has 12 heavy (non-hydrogen) atoms. The summed E-state index contributed by atoms with van der Waals surface area (Å²) < 4.78 is 4.79. The Bertz CT molecular complexity index is 121. The Hall–Kier alpha value is -0.790. The molecule has 0 heterocycles. The molecule has 0 saturated carbocycles. The fraction of sp³-hybridized carbons (Fsp3) is 0.700. The van der Waals surface area contributed by atoms with Gasteiger partial charge in [-0.05, 0) is 25.7 Å². The topological polar surface area (TPSA) is 26.3 Å². The number of carbonyl (C=O) groups excluding carboxylic acids is 1. The maximum atomic E-state index is 9.96. The number of hydrogen-bond donors (Lipinski definition) is 0. The highest BCUT2D eigenvalue weighted by Crippen LogP contribution is 2.09. The fourth-order valence-corrected chi connectivity index (χ4v) is 1.14. The van der Waals surface area contributed by atoms with Gasteiger partial charge in [0.1, 0.15) is 6.10 Å². The van der Waals surface area contributed by atoms with Crippen LogP contribution in [0.2, 0.25) is 0 Å². The third-order valence-corrected chi connectivity index (χ3v) is 1.76. The minimum Gasteiger partial charge on any atom is -0.454 e. The SMILES string of the molecule is C=CCCCC(CCC)O[C]=O. The molecular weight excluding hydrogens is 152 g/mol. The van der Waals surface area contributed by atoms with Crippen LogP contribution in [0.25, 0.3) is 0 Å². The van der Waals surface area contributed by atoms with Crippen molar-refractivity contribution in [2.45, 2.75) is 45.1 Å². The van der Waals surface area contributed by atoms with Gasteiger partial charge in [0.05, 0.1) is 0 Å². The second-order valence-corrected chi connectivity index (χ2v) is 2.83. The van der Waals surface area contributed by atoms with E-state index >= 15 is 0 Å². The summed E-state index contributed by atoms with van der Waals surface area (Å²) in [6.07, 6.45) is 6.88. The van der Waals surface area contributed by atoms with Crippen molar-refractivity contribution in [1.29, 1.82) is 0 Å². The number of ether oxygens (including phenoxy) is 1. The molecule has 2 heteroatoms. The highest BCUT2D eigenvalue weighted by Gasteiger charge is 2.06. The van der Waals surface area contributed by atoms with Gasteiger partial charge in [0.15, 0.2) is 0 Å². The second kappa shape index (κ2) is 8.31. The molecule has 2 nitrogen and oxygen atoms in total. The Labute approximate surface area is 74.6 Å². The predicted molar refractivity (Wildman–Crippen MR) is 49.5 cm³/mol. The largest absolute Gasteiger partial charge is 0.454 e. The second-order valence-electron chi connectivity index (χ2n) is 2.83. The lowest BCUT2D eigenvalue weighted by Crippen LogP contribution is -2.11. The van der Waals surface area contributed by atoms with Gasteiger partial charge in [-0.1, -0.05) is 19.4 Å². The van der Waals surface area contributed by atoms with Crippen LogP contribution in [0.1, 0.15) is 39.0 Å². The van der Waals surface area contributed by atoms with Gasteiger partial charge in [0, 0.05) is 0 Å². The van der Waals surface area contributed by atoms with Crippen LogP contribution < -0.4 is 0 Å². The summed E-state index contributed by atoms with van der Waals surface area (Å²) in [6.45, 7) is 7.21. The van der Waals surface area contributed by atoms with E-state index in [-0.39, 0.29) is 6.10 Å². The van der Waals surface area contributed by atoms with E-state index < -0.39 is 0 Å². The normalized spacial score (nSPS) is 12.1. The van der Waals surface area contributed by atoms with E-state index in [0.717, 1.165) is 32.1 Å². The first-order chi connectivity index (χ1) is 5.85. The van der Waals surface area contributed by atoms with Gasteiger partial charge < -0.3 is 4.74 Å². The first-order valence-corrected chi connectivity index (χ1v) is 4.48. The summed E-state index contributed by atoms with van der Waals surface area (Å²) in [5.74, 6) is 0. The highest BCUT2D eigenvalue weighted by atomic mass is 16.5. The molecule has 0 amide bonds. The Kier molecular flexibility index (Phi) is 7.76. The lowest BCUT2D eigenvalue weighted by atomic mass is 10.1. The quantitative estimate of drug-likeness (QED) is 0.412. The maximum absolute atomic E-state index is 9.96. The molecule has 0 aliphatic heterocycles. The number of rotatable bonds is 8. The van der Waals surface area contributed by atoms with E-state index in [1.807, 2.05) is 6.08 Å². The molecule has 0 saturated heterocycles. The smallest absolute Gasteiger partial charge is 0.417 e. The molecule has 0 aromatic heterocycles. The zero-order valence-electron chi connectivity index (χ0n) is 7.71. The summed E-state index contributed by atoms with van der Waals surface area (Å²) in [5, 5.41) is 0. The molecule has 0 aromatic carbocycles. The van der Waals surface area contributed by atoms with Gasteiger partial charge in [-0.15, -0.1) is 6.58 Å². The van der Waals surface area contributed by atoms with Crippen LogP contribution in [0.4, 0.5) is 0 Å². The molecule has 0 fully saturated rings. The monoisotopic (exact) mass is 169 g/mol. The van der Waals surface area contributed by atoms with Crippen molar-refractivity contribution >= 4 is 6.47 Å². The lowest BCUT2D eigenvalue weighted by molar-refractivity contribution is 0.155. The minimum atomic E-state index is 0.0625. The maximum Gasteiger partial charge on any atom is 0.417 e. The Morgan fingerprint density at radius 1 is 1.58 bits per heavy atom. The Balaban J connectivity index is 3.46. The van der Waals surface area contributed by atoms with Crippen molar-refractivity contribution in [3.8, 4) is 0 Å². The van der Waals surface area contributed by atoms with Crippen molar-refractivity contribution in [2.75, 3.05) is 0 Å². The highest BCUT2D eigenvalue weighted by molar-refractivity contribution is 5.38. The van der Waals surface area contributed by atoms with Gasteiger partial charge in [-0.2, -0.15) is 0 Å². The van der Waals surface area contributed by atoms with Gasteiger partial charge in [-0.3, -0.25) is 0 Å². The van der Waals surface area contributed by atoms with E-state index in [0.29, 0.717) is 0 Å². The molecule has 0 N–H and O–H groups in total. The Morgan fingerprint density at radius 3 is 2.83 bits per heavy atom. The average Bonchev–Trinajstić information content (AvgIpc) is 2.06. The fourth-order valence-electron chi connectivity index (χ4n) is 1.14. The van der Waals surface area contributed by atoms with E-state index in [4.69, 9.17) is 4.74 Å². The van der Waals surface area contributed by atoms with Crippen LogP contribution in [-0.4, -0.2) is 12.6 Å².